The zero-order valence-electron chi connectivity index (χ0n) is 15.6. The standard InChI is InChI=1S/C23H20N2O3/c1-28-21-8-3-2-5-17(21)18-13-22(27)25(16-11-9-15(14-24)10-12-16)19-6-4-7-20(26)23(18)19/h2-3,5,8-12,18H,4,6-7,13H2,1H3. The predicted molar refractivity (Wildman–Crippen MR) is 105 cm³/mol. The van der Waals surface area contributed by atoms with E-state index >= 15 is 0 Å². The zero-order chi connectivity index (χ0) is 19.7. The Kier molecular flexibility index (Phi) is 4.70. The van der Waals surface area contributed by atoms with Gasteiger partial charge in [0.25, 0.3) is 0 Å². The van der Waals surface area contributed by atoms with Crippen LogP contribution in [0.3, 0.4) is 0 Å². The number of methoxy groups -OCH3 is 1. The van der Waals surface area contributed by atoms with Crippen LogP contribution in [0.2, 0.25) is 0 Å². The van der Waals surface area contributed by atoms with E-state index in [2.05, 4.69) is 6.07 Å². The quantitative estimate of drug-likeness (QED) is 0.813. The normalized spacial score (nSPS) is 19.3. The fourth-order valence-electron chi connectivity index (χ4n) is 4.20. The molecule has 28 heavy (non-hydrogen) atoms. The number of anilines is 1. The third kappa shape index (κ3) is 2.97. The van der Waals surface area contributed by atoms with Crippen LogP contribution in [0.4, 0.5) is 5.69 Å². The summed E-state index contributed by atoms with van der Waals surface area (Å²) in [6.45, 7) is 0. The SMILES string of the molecule is COc1ccccc1C1CC(=O)N(c2ccc(C#N)cc2)C2=C1C(=O)CCC2. The molecule has 1 atom stereocenters. The molecule has 2 aromatic rings. The fraction of sp³-hybridized carbons (Fsp3) is 0.261. The molecule has 1 heterocycles. The molecule has 0 fully saturated rings. The van der Waals surface area contributed by atoms with Gasteiger partial charge in [-0.1, -0.05) is 18.2 Å². The Hall–Kier alpha value is -3.39. The van der Waals surface area contributed by atoms with Crippen molar-refractivity contribution in [2.24, 2.45) is 0 Å². The first-order valence-electron chi connectivity index (χ1n) is 9.36. The molecule has 140 valence electrons. The van der Waals surface area contributed by atoms with Crippen LogP contribution in [0.15, 0.2) is 59.8 Å². The van der Waals surface area contributed by atoms with Crippen molar-refractivity contribution < 1.29 is 14.3 Å². The van der Waals surface area contributed by atoms with Crippen molar-refractivity contribution in [3.8, 4) is 11.8 Å². The molecule has 5 nitrogen and oxygen atoms in total. The van der Waals surface area contributed by atoms with Gasteiger partial charge in [-0.05, 0) is 43.2 Å². The van der Waals surface area contributed by atoms with Crippen molar-refractivity contribution in [3.05, 3.63) is 70.9 Å². The van der Waals surface area contributed by atoms with Gasteiger partial charge in [-0.15, -0.1) is 0 Å². The number of carbonyl (C=O) groups excluding carboxylic acids is 2. The second kappa shape index (κ2) is 7.32. The van der Waals surface area contributed by atoms with Gasteiger partial charge in [0.15, 0.2) is 5.78 Å². The maximum Gasteiger partial charge on any atom is 0.232 e. The molecule has 0 radical (unpaired) electrons. The number of nitriles is 1. The fourth-order valence-corrected chi connectivity index (χ4v) is 4.20. The summed E-state index contributed by atoms with van der Waals surface area (Å²) in [5, 5.41) is 9.03. The molecular weight excluding hydrogens is 352 g/mol. The molecule has 0 spiro atoms. The molecule has 0 aromatic heterocycles. The number of hydrogen-bond acceptors (Lipinski definition) is 4. The van der Waals surface area contributed by atoms with Gasteiger partial charge >= 0.3 is 0 Å². The minimum absolute atomic E-state index is 0.0472. The number of allylic oxidation sites excluding steroid dienone is 2. The molecular formula is C23H20N2O3. The van der Waals surface area contributed by atoms with E-state index in [9.17, 15) is 9.59 Å². The first kappa shape index (κ1) is 18.0. The second-order valence-corrected chi connectivity index (χ2v) is 7.02. The summed E-state index contributed by atoms with van der Waals surface area (Å²) in [5.41, 5.74) is 3.62. The molecule has 1 unspecified atom stereocenters. The Morgan fingerprint density at radius 1 is 1.07 bits per heavy atom. The van der Waals surface area contributed by atoms with Gasteiger partial charge in [0, 0.05) is 41.3 Å². The predicted octanol–water partition coefficient (Wildman–Crippen LogP) is 4.09. The van der Waals surface area contributed by atoms with E-state index < -0.39 is 0 Å². The van der Waals surface area contributed by atoms with Crippen molar-refractivity contribution in [2.45, 2.75) is 31.6 Å². The van der Waals surface area contributed by atoms with E-state index in [1.807, 2.05) is 24.3 Å². The van der Waals surface area contributed by atoms with Gasteiger partial charge < -0.3 is 4.74 Å². The minimum atomic E-state index is -0.291. The highest BCUT2D eigenvalue weighted by molar-refractivity contribution is 6.07. The van der Waals surface area contributed by atoms with Gasteiger partial charge in [0.1, 0.15) is 5.75 Å². The topological polar surface area (TPSA) is 70.4 Å². The van der Waals surface area contributed by atoms with Gasteiger partial charge in [-0.25, -0.2) is 0 Å². The molecule has 0 saturated carbocycles. The molecule has 2 aliphatic rings. The lowest BCUT2D eigenvalue weighted by Gasteiger charge is -2.38. The number of rotatable bonds is 3. The van der Waals surface area contributed by atoms with E-state index in [0.29, 0.717) is 29.8 Å². The Morgan fingerprint density at radius 2 is 1.82 bits per heavy atom. The summed E-state index contributed by atoms with van der Waals surface area (Å²) >= 11 is 0. The van der Waals surface area contributed by atoms with Gasteiger partial charge in [-0.2, -0.15) is 5.26 Å². The Bertz CT molecular complexity index is 1010. The first-order chi connectivity index (χ1) is 13.6. The van der Waals surface area contributed by atoms with E-state index in [-0.39, 0.29) is 24.0 Å². The molecule has 0 N–H and O–H groups in total. The van der Waals surface area contributed by atoms with E-state index in [1.54, 1.807) is 36.3 Å². The number of para-hydroxylation sites is 1. The van der Waals surface area contributed by atoms with Crippen LogP contribution in [-0.2, 0) is 9.59 Å². The monoisotopic (exact) mass is 372 g/mol. The largest absolute Gasteiger partial charge is 0.496 e. The average molecular weight is 372 g/mol. The average Bonchev–Trinajstić information content (AvgIpc) is 2.73. The van der Waals surface area contributed by atoms with Crippen molar-refractivity contribution in [3.63, 3.8) is 0 Å². The lowest BCUT2D eigenvalue weighted by atomic mass is 9.77. The third-order valence-corrected chi connectivity index (χ3v) is 5.44. The van der Waals surface area contributed by atoms with Gasteiger partial charge in [0.05, 0.1) is 18.7 Å². The number of amides is 1. The number of hydrogen-bond donors (Lipinski definition) is 0. The number of nitrogens with zero attached hydrogens (tertiary/aromatic N) is 2. The Balaban J connectivity index is 1.86. The van der Waals surface area contributed by atoms with Gasteiger partial charge in [0.2, 0.25) is 5.91 Å². The Labute approximate surface area is 163 Å². The number of ketones is 1. The van der Waals surface area contributed by atoms with Crippen LogP contribution in [0.25, 0.3) is 0 Å². The molecule has 2 aromatic carbocycles. The van der Waals surface area contributed by atoms with Crippen molar-refractivity contribution in [1.82, 2.24) is 0 Å². The summed E-state index contributed by atoms with van der Waals surface area (Å²) in [6, 6.07) is 16.6. The van der Waals surface area contributed by atoms with E-state index in [0.717, 1.165) is 23.3 Å². The molecule has 1 amide bonds. The lowest BCUT2D eigenvalue weighted by Crippen LogP contribution is -2.40. The molecule has 1 aliphatic carbocycles. The van der Waals surface area contributed by atoms with Crippen LogP contribution in [-0.4, -0.2) is 18.8 Å². The summed E-state index contributed by atoms with van der Waals surface area (Å²) in [7, 11) is 1.60. The van der Waals surface area contributed by atoms with Gasteiger partial charge in [-0.3, -0.25) is 14.5 Å². The summed E-state index contributed by atoms with van der Waals surface area (Å²) in [6.07, 6.45) is 2.12. The highest BCUT2D eigenvalue weighted by atomic mass is 16.5. The zero-order valence-corrected chi connectivity index (χ0v) is 15.6. The van der Waals surface area contributed by atoms with E-state index in [4.69, 9.17) is 10.00 Å². The first-order valence-corrected chi connectivity index (χ1v) is 9.36. The Morgan fingerprint density at radius 3 is 2.54 bits per heavy atom. The molecule has 4 rings (SSSR count). The molecule has 5 heteroatoms. The number of carbonyl (C=O) groups is 2. The third-order valence-electron chi connectivity index (χ3n) is 5.44. The highest BCUT2D eigenvalue weighted by Gasteiger charge is 2.40. The summed E-state index contributed by atoms with van der Waals surface area (Å²) in [5.74, 6) is 0.454. The van der Waals surface area contributed by atoms with Crippen LogP contribution in [0.1, 0.15) is 42.7 Å². The number of ether oxygens (including phenoxy) is 1. The maximum absolute atomic E-state index is 13.2. The van der Waals surface area contributed by atoms with Crippen LogP contribution < -0.4 is 9.64 Å². The lowest BCUT2D eigenvalue weighted by molar-refractivity contribution is -0.119. The summed E-state index contributed by atoms with van der Waals surface area (Å²) in [4.78, 5) is 27.8. The smallest absolute Gasteiger partial charge is 0.232 e. The van der Waals surface area contributed by atoms with Crippen molar-refractivity contribution in [2.75, 3.05) is 12.0 Å². The highest BCUT2D eigenvalue weighted by Crippen LogP contribution is 2.45. The van der Waals surface area contributed by atoms with Crippen LogP contribution in [0.5, 0.6) is 5.75 Å². The second-order valence-electron chi connectivity index (χ2n) is 7.02. The van der Waals surface area contributed by atoms with Crippen LogP contribution in [0, 0.1) is 11.3 Å². The van der Waals surface area contributed by atoms with Crippen molar-refractivity contribution >= 4 is 17.4 Å². The summed E-state index contributed by atoms with van der Waals surface area (Å²) < 4.78 is 5.50. The molecule has 0 saturated heterocycles. The van der Waals surface area contributed by atoms with E-state index in [1.165, 1.54) is 0 Å². The van der Waals surface area contributed by atoms with Crippen molar-refractivity contribution in [1.29, 1.82) is 5.26 Å². The molecule has 0 bridgehead atoms. The minimum Gasteiger partial charge on any atom is -0.496 e. The molecule has 1 aliphatic heterocycles. The maximum atomic E-state index is 13.2. The number of benzene rings is 2. The van der Waals surface area contributed by atoms with Crippen LogP contribution >= 0.6 is 0 Å². The number of Topliss-reactive ketones (excluding diaryl/α,β-unsaturated/α-hetero) is 1.